The second-order valence-electron chi connectivity index (χ2n) is 5.75. The van der Waals surface area contributed by atoms with Gasteiger partial charge in [-0.15, -0.1) is 0 Å². The van der Waals surface area contributed by atoms with Gasteiger partial charge in [0, 0.05) is 0 Å². The van der Waals surface area contributed by atoms with E-state index in [9.17, 15) is 9.59 Å². The zero-order chi connectivity index (χ0) is 19.1. The van der Waals surface area contributed by atoms with Crippen molar-refractivity contribution in [3.63, 3.8) is 0 Å². The Morgan fingerprint density at radius 2 is 1.92 bits per heavy atom. The smallest absolute Gasteiger partial charge is 0.339 e. The number of aromatic nitrogens is 1. The molecule has 0 saturated carbocycles. The standard InChI is InChI=1S/C20H24N2O4/c1-5-25-16-9-7-8-15(12-16)13(3)22-19(23)18-11-10-17(14(4)21-18)20(24)26-6-2/h7-13H,5-6H2,1-4H3,(H,22,23). The molecule has 6 heteroatoms. The van der Waals surface area contributed by atoms with E-state index in [0.717, 1.165) is 11.3 Å². The molecule has 0 aliphatic carbocycles. The lowest BCUT2D eigenvalue weighted by Crippen LogP contribution is -2.27. The number of hydrogen-bond acceptors (Lipinski definition) is 5. The number of carbonyl (C=O) groups is 2. The summed E-state index contributed by atoms with van der Waals surface area (Å²) in [6.45, 7) is 8.11. The molecule has 0 saturated heterocycles. The Morgan fingerprint density at radius 3 is 2.58 bits per heavy atom. The van der Waals surface area contributed by atoms with Crippen molar-refractivity contribution < 1.29 is 19.1 Å². The topological polar surface area (TPSA) is 77.5 Å². The summed E-state index contributed by atoms with van der Waals surface area (Å²) in [5, 5.41) is 2.91. The highest BCUT2D eigenvalue weighted by molar-refractivity contribution is 5.95. The molecule has 0 spiro atoms. The van der Waals surface area contributed by atoms with Gasteiger partial charge in [0.05, 0.1) is 30.5 Å². The number of amides is 1. The highest BCUT2D eigenvalue weighted by Crippen LogP contribution is 2.19. The van der Waals surface area contributed by atoms with E-state index in [1.54, 1.807) is 19.9 Å². The van der Waals surface area contributed by atoms with Crippen LogP contribution in [-0.4, -0.2) is 30.1 Å². The van der Waals surface area contributed by atoms with Crippen LogP contribution in [0.1, 0.15) is 58.9 Å². The van der Waals surface area contributed by atoms with E-state index in [-0.39, 0.29) is 17.6 Å². The van der Waals surface area contributed by atoms with Gasteiger partial charge in [-0.05, 0) is 57.5 Å². The van der Waals surface area contributed by atoms with Crippen molar-refractivity contribution in [2.45, 2.75) is 33.7 Å². The fraction of sp³-hybridized carbons (Fsp3) is 0.350. The summed E-state index contributed by atoms with van der Waals surface area (Å²) in [6.07, 6.45) is 0. The second kappa shape index (κ2) is 8.99. The maximum Gasteiger partial charge on any atom is 0.339 e. The average molecular weight is 356 g/mol. The van der Waals surface area contributed by atoms with Crippen LogP contribution < -0.4 is 10.1 Å². The normalized spacial score (nSPS) is 11.5. The van der Waals surface area contributed by atoms with Gasteiger partial charge >= 0.3 is 5.97 Å². The van der Waals surface area contributed by atoms with Crippen molar-refractivity contribution in [2.75, 3.05) is 13.2 Å². The lowest BCUT2D eigenvalue weighted by Gasteiger charge is -2.15. The zero-order valence-corrected chi connectivity index (χ0v) is 15.5. The van der Waals surface area contributed by atoms with E-state index in [0.29, 0.717) is 24.5 Å². The number of rotatable bonds is 7. The van der Waals surface area contributed by atoms with Gasteiger partial charge in [-0.2, -0.15) is 0 Å². The predicted octanol–water partition coefficient (Wildman–Crippen LogP) is 3.46. The lowest BCUT2D eigenvalue weighted by atomic mass is 10.1. The zero-order valence-electron chi connectivity index (χ0n) is 15.5. The second-order valence-corrected chi connectivity index (χ2v) is 5.75. The number of benzene rings is 1. The molecule has 1 amide bonds. The summed E-state index contributed by atoms with van der Waals surface area (Å²) < 4.78 is 10.5. The molecule has 1 N–H and O–H groups in total. The number of nitrogens with zero attached hydrogens (tertiary/aromatic N) is 1. The molecule has 138 valence electrons. The summed E-state index contributed by atoms with van der Waals surface area (Å²) in [7, 11) is 0. The van der Waals surface area contributed by atoms with Crippen molar-refractivity contribution >= 4 is 11.9 Å². The maximum atomic E-state index is 12.5. The molecule has 1 aromatic carbocycles. The molecule has 26 heavy (non-hydrogen) atoms. The SMILES string of the molecule is CCOC(=O)c1ccc(C(=O)NC(C)c2cccc(OCC)c2)nc1C. The van der Waals surface area contributed by atoms with Gasteiger partial charge < -0.3 is 14.8 Å². The summed E-state index contributed by atoms with van der Waals surface area (Å²) in [4.78, 5) is 28.5. The van der Waals surface area contributed by atoms with Gasteiger partial charge in [0.25, 0.3) is 5.91 Å². The minimum Gasteiger partial charge on any atom is -0.494 e. The molecule has 2 aromatic rings. The minimum atomic E-state index is -0.439. The van der Waals surface area contributed by atoms with Crippen LogP contribution in [0.4, 0.5) is 0 Å². The van der Waals surface area contributed by atoms with Crippen LogP contribution in [0.25, 0.3) is 0 Å². The molecule has 0 radical (unpaired) electrons. The highest BCUT2D eigenvalue weighted by Gasteiger charge is 2.17. The van der Waals surface area contributed by atoms with Crippen molar-refractivity contribution in [3.8, 4) is 5.75 Å². The number of nitrogens with one attached hydrogen (secondary N) is 1. The average Bonchev–Trinajstić information content (AvgIpc) is 2.62. The Hall–Kier alpha value is -2.89. The molecular weight excluding hydrogens is 332 g/mol. The molecule has 1 heterocycles. The summed E-state index contributed by atoms with van der Waals surface area (Å²) >= 11 is 0. The van der Waals surface area contributed by atoms with Gasteiger partial charge in [0.2, 0.25) is 0 Å². The molecule has 0 fully saturated rings. The Labute approximate surface area is 153 Å². The van der Waals surface area contributed by atoms with Crippen LogP contribution in [0.5, 0.6) is 5.75 Å². The van der Waals surface area contributed by atoms with Crippen molar-refractivity contribution in [1.29, 1.82) is 0 Å². The summed E-state index contributed by atoms with van der Waals surface area (Å²) in [6, 6.07) is 10.5. The van der Waals surface area contributed by atoms with Gasteiger partial charge in [0.15, 0.2) is 0 Å². The molecule has 1 unspecified atom stereocenters. The molecule has 1 atom stereocenters. The van der Waals surface area contributed by atoms with Crippen LogP contribution in [0.15, 0.2) is 36.4 Å². The van der Waals surface area contributed by atoms with Crippen molar-refractivity contribution in [3.05, 3.63) is 58.9 Å². The number of esters is 1. The highest BCUT2D eigenvalue weighted by atomic mass is 16.5. The van der Waals surface area contributed by atoms with E-state index in [2.05, 4.69) is 10.3 Å². The first kappa shape index (κ1) is 19.4. The quantitative estimate of drug-likeness (QED) is 0.769. The van der Waals surface area contributed by atoms with E-state index < -0.39 is 5.97 Å². The fourth-order valence-corrected chi connectivity index (χ4v) is 2.51. The number of aryl methyl sites for hydroxylation is 1. The van der Waals surface area contributed by atoms with Crippen molar-refractivity contribution in [1.82, 2.24) is 10.3 Å². The van der Waals surface area contributed by atoms with Crippen molar-refractivity contribution in [2.24, 2.45) is 0 Å². The molecule has 6 nitrogen and oxygen atoms in total. The molecule has 0 bridgehead atoms. The Balaban J connectivity index is 2.10. The Bertz CT molecular complexity index is 789. The van der Waals surface area contributed by atoms with E-state index in [4.69, 9.17) is 9.47 Å². The molecule has 1 aromatic heterocycles. The number of ether oxygens (including phenoxy) is 2. The van der Waals surface area contributed by atoms with Crippen LogP contribution in [0, 0.1) is 6.92 Å². The summed E-state index contributed by atoms with van der Waals surface area (Å²) in [5.74, 6) is 0.0160. The number of hydrogen-bond donors (Lipinski definition) is 1. The van der Waals surface area contributed by atoms with Crippen LogP contribution in [-0.2, 0) is 4.74 Å². The maximum absolute atomic E-state index is 12.5. The third-order valence-corrected chi connectivity index (χ3v) is 3.83. The molecule has 0 aliphatic heterocycles. The monoisotopic (exact) mass is 356 g/mol. The van der Waals surface area contributed by atoms with E-state index in [1.165, 1.54) is 6.07 Å². The third kappa shape index (κ3) is 4.81. The lowest BCUT2D eigenvalue weighted by molar-refractivity contribution is 0.0524. The molecule has 0 aliphatic rings. The summed E-state index contributed by atoms with van der Waals surface area (Å²) in [5.41, 5.74) is 2.01. The molecular formula is C20H24N2O4. The van der Waals surface area contributed by atoms with E-state index >= 15 is 0 Å². The largest absolute Gasteiger partial charge is 0.494 e. The predicted molar refractivity (Wildman–Crippen MR) is 98.4 cm³/mol. The Kier molecular flexibility index (Phi) is 6.72. The van der Waals surface area contributed by atoms with Gasteiger partial charge in [-0.25, -0.2) is 9.78 Å². The van der Waals surface area contributed by atoms with Gasteiger partial charge in [-0.1, -0.05) is 12.1 Å². The van der Waals surface area contributed by atoms with E-state index in [1.807, 2.05) is 38.1 Å². The Morgan fingerprint density at radius 1 is 1.15 bits per heavy atom. The molecule has 2 rings (SSSR count). The van der Waals surface area contributed by atoms with Gasteiger partial charge in [-0.3, -0.25) is 4.79 Å². The first-order chi connectivity index (χ1) is 12.5. The number of carbonyl (C=O) groups excluding carboxylic acids is 2. The van der Waals surface area contributed by atoms with Crippen LogP contribution >= 0.6 is 0 Å². The van der Waals surface area contributed by atoms with Crippen LogP contribution in [0.3, 0.4) is 0 Å². The minimum absolute atomic E-state index is 0.213. The third-order valence-electron chi connectivity index (χ3n) is 3.83. The first-order valence-corrected chi connectivity index (χ1v) is 8.64. The van der Waals surface area contributed by atoms with Crippen LogP contribution in [0.2, 0.25) is 0 Å². The fourth-order valence-electron chi connectivity index (χ4n) is 2.51. The first-order valence-electron chi connectivity index (χ1n) is 8.64. The number of pyridine rings is 1. The van der Waals surface area contributed by atoms with Gasteiger partial charge in [0.1, 0.15) is 11.4 Å².